The van der Waals surface area contributed by atoms with Crippen LogP contribution in [-0.2, 0) is 4.74 Å². The molecule has 2 aromatic carbocycles. The monoisotopic (exact) mass is 553 g/mol. The molecule has 3 heterocycles. The van der Waals surface area contributed by atoms with Crippen LogP contribution in [-0.4, -0.2) is 55.2 Å². The van der Waals surface area contributed by atoms with Crippen LogP contribution >= 0.6 is 0 Å². The largest absolute Gasteiger partial charge is 0.490 e. The molecule has 7 rings (SSSR count). The summed E-state index contributed by atoms with van der Waals surface area (Å²) < 4.78 is 15.3. The van der Waals surface area contributed by atoms with Gasteiger partial charge in [0.15, 0.2) is 0 Å². The lowest BCUT2D eigenvalue weighted by molar-refractivity contribution is -0.0293. The van der Waals surface area contributed by atoms with E-state index in [4.69, 9.17) is 9.47 Å². The van der Waals surface area contributed by atoms with E-state index in [-0.39, 0.29) is 29.5 Å². The van der Waals surface area contributed by atoms with Gasteiger partial charge in [0.2, 0.25) is 0 Å². The minimum atomic E-state index is -0.972. The van der Waals surface area contributed by atoms with E-state index in [9.17, 15) is 9.90 Å². The highest BCUT2D eigenvalue weighted by Gasteiger charge is 2.46. The average molecular weight is 554 g/mol. The topological polar surface area (TPSA) is 104 Å². The highest BCUT2D eigenvalue weighted by Crippen LogP contribution is 2.55. The second kappa shape index (κ2) is 10.8. The molecule has 2 unspecified atom stereocenters. The van der Waals surface area contributed by atoms with Gasteiger partial charge in [0.25, 0.3) is 0 Å². The lowest BCUT2D eigenvalue weighted by Crippen LogP contribution is -2.30. The van der Waals surface area contributed by atoms with E-state index in [0.29, 0.717) is 24.8 Å². The quantitative estimate of drug-likeness (QED) is 0.270. The van der Waals surface area contributed by atoms with Crippen LogP contribution in [0, 0.1) is 5.92 Å². The lowest BCUT2D eigenvalue weighted by Gasteiger charge is -2.28. The van der Waals surface area contributed by atoms with Crippen molar-refractivity contribution in [2.24, 2.45) is 5.92 Å². The summed E-state index contributed by atoms with van der Waals surface area (Å²) in [6.45, 7) is 3.49. The first-order valence-electron chi connectivity index (χ1n) is 14.7. The Bertz CT molecular complexity index is 1550. The molecule has 212 valence electrons. The second-order valence-electron chi connectivity index (χ2n) is 11.7. The SMILES string of the molecule is C[C@H](Oc1cccc(-c2cccc(-n3ncc(C(=O)O)c3C3CC3c3cn(C4COC4)nn3)c2)c1)C1CCCCC1. The number of aromatic carboxylic acids is 1. The van der Waals surface area contributed by atoms with E-state index < -0.39 is 5.97 Å². The fourth-order valence-corrected chi connectivity index (χ4v) is 6.40. The van der Waals surface area contributed by atoms with Crippen LogP contribution in [0.3, 0.4) is 0 Å². The number of aromatic nitrogens is 5. The van der Waals surface area contributed by atoms with Crippen molar-refractivity contribution in [3.05, 3.63) is 77.9 Å². The lowest BCUT2D eigenvalue weighted by atomic mass is 9.86. The molecule has 2 saturated carbocycles. The Morgan fingerprint density at radius 3 is 2.59 bits per heavy atom. The summed E-state index contributed by atoms with van der Waals surface area (Å²) >= 11 is 0. The van der Waals surface area contributed by atoms with Gasteiger partial charge in [-0.25, -0.2) is 14.2 Å². The van der Waals surface area contributed by atoms with Crippen LogP contribution in [0.2, 0.25) is 0 Å². The standard InChI is InChI=1S/C32H35N5O4/c1-20(21-7-3-2-4-8-21)41-26-12-6-10-23(14-26)22-9-5-11-24(13-22)37-31(29(16-33-37)32(38)39)28-15-27(28)30-17-36(35-34-30)25-18-40-19-25/h5-6,9-14,16-17,20-21,25,27-28H,2-4,7-8,15,18-19H2,1H3,(H,38,39)/t20-,27?,28?/m0/s1. The molecule has 3 atom stereocenters. The van der Waals surface area contributed by atoms with Crippen molar-refractivity contribution in [2.45, 2.75) is 69.4 Å². The molecule has 0 spiro atoms. The Kier molecular flexibility index (Phi) is 6.82. The maximum Gasteiger partial charge on any atom is 0.339 e. The molecule has 9 heteroatoms. The number of nitrogens with zero attached hydrogens (tertiary/aromatic N) is 5. The predicted octanol–water partition coefficient (Wildman–Crippen LogP) is 6.02. The molecule has 2 aromatic heterocycles. The Morgan fingerprint density at radius 1 is 1.05 bits per heavy atom. The number of benzene rings is 2. The van der Waals surface area contributed by atoms with Crippen LogP contribution in [0.15, 0.2) is 60.9 Å². The Labute approximate surface area is 239 Å². The van der Waals surface area contributed by atoms with Crippen molar-refractivity contribution in [2.75, 3.05) is 13.2 Å². The van der Waals surface area contributed by atoms with Gasteiger partial charge in [-0.1, -0.05) is 48.7 Å². The summed E-state index contributed by atoms with van der Waals surface area (Å²) in [6, 6.07) is 16.6. The molecular formula is C32H35N5O4. The Morgan fingerprint density at radius 2 is 1.83 bits per heavy atom. The van der Waals surface area contributed by atoms with Crippen LogP contribution in [0.1, 0.15) is 85.1 Å². The maximum atomic E-state index is 12.2. The number of carbonyl (C=O) groups is 1. The van der Waals surface area contributed by atoms with E-state index in [1.807, 2.05) is 35.1 Å². The van der Waals surface area contributed by atoms with Crippen LogP contribution < -0.4 is 4.74 Å². The van der Waals surface area contributed by atoms with Gasteiger partial charge in [-0.05, 0) is 67.5 Å². The van der Waals surface area contributed by atoms with Crippen LogP contribution in [0.5, 0.6) is 5.75 Å². The minimum Gasteiger partial charge on any atom is -0.490 e. The summed E-state index contributed by atoms with van der Waals surface area (Å²) in [7, 11) is 0. The third kappa shape index (κ3) is 5.14. The summed E-state index contributed by atoms with van der Waals surface area (Å²) in [5.74, 6) is 0.636. The van der Waals surface area contributed by atoms with Crippen molar-refractivity contribution in [3.63, 3.8) is 0 Å². The van der Waals surface area contributed by atoms with Gasteiger partial charge in [-0.15, -0.1) is 5.10 Å². The highest BCUT2D eigenvalue weighted by molar-refractivity contribution is 5.89. The Hall–Kier alpha value is -3.98. The third-order valence-corrected chi connectivity index (χ3v) is 8.97. The molecule has 9 nitrogen and oxygen atoms in total. The molecular weight excluding hydrogens is 518 g/mol. The fourth-order valence-electron chi connectivity index (χ4n) is 6.40. The first-order valence-corrected chi connectivity index (χ1v) is 14.7. The highest BCUT2D eigenvalue weighted by atomic mass is 16.5. The van der Waals surface area contributed by atoms with Gasteiger partial charge in [-0.2, -0.15) is 5.10 Å². The van der Waals surface area contributed by atoms with E-state index in [1.54, 1.807) is 4.68 Å². The minimum absolute atomic E-state index is 0.00745. The summed E-state index contributed by atoms with van der Waals surface area (Å²) in [5.41, 5.74) is 4.73. The van der Waals surface area contributed by atoms with Gasteiger partial charge in [0.1, 0.15) is 17.4 Å². The number of carboxylic acids is 1. The number of rotatable bonds is 9. The van der Waals surface area contributed by atoms with Crippen molar-refractivity contribution in [1.82, 2.24) is 24.8 Å². The molecule has 0 amide bonds. The van der Waals surface area contributed by atoms with Crippen molar-refractivity contribution in [3.8, 4) is 22.6 Å². The van der Waals surface area contributed by atoms with E-state index in [0.717, 1.165) is 34.7 Å². The molecule has 1 aliphatic heterocycles. The number of ether oxygens (including phenoxy) is 2. The molecule has 0 radical (unpaired) electrons. The first-order chi connectivity index (χ1) is 20.0. The van der Waals surface area contributed by atoms with Crippen LogP contribution in [0.25, 0.3) is 16.8 Å². The van der Waals surface area contributed by atoms with Crippen molar-refractivity contribution >= 4 is 5.97 Å². The van der Waals surface area contributed by atoms with E-state index in [2.05, 4.69) is 46.6 Å². The zero-order valence-corrected chi connectivity index (χ0v) is 23.2. The Balaban J connectivity index is 1.14. The van der Waals surface area contributed by atoms with Gasteiger partial charge >= 0.3 is 5.97 Å². The molecule has 41 heavy (non-hydrogen) atoms. The van der Waals surface area contributed by atoms with E-state index >= 15 is 0 Å². The van der Waals surface area contributed by atoms with Crippen LogP contribution in [0.4, 0.5) is 0 Å². The number of hydrogen-bond acceptors (Lipinski definition) is 6. The molecule has 0 bridgehead atoms. The normalized spacial score (nSPS) is 21.8. The van der Waals surface area contributed by atoms with Crippen molar-refractivity contribution in [1.29, 1.82) is 0 Å². The maximum absolute atomic E-state index is 12.2. The van der Waals surface area contributed by atoms with Gasteiger partial charge in [-0.3, -0.25) is 0 Å². The van der Waals surface area contributed by atoms with Gasteiger partial charge in [0.05, 0.1) is 42.6 Å². The van der Waals surface area contributed by atoms with E-state index in [1.165, 1.54) is 38.3 Å². The summed E-state index contributed by atoms with van der Waals surface area (Å²) in [6.07, 6.45) is 10.8. The molecule has 4 aromatic rings. The number of hydrogen-bond donors (Lipinski definition) is 1. The molecule has 3 aliphatic rings. The first kappa shape index (κ1) is 26.0. The zero-order valence-electron chi connectivity index (χ0n) is 23.2. The fraction of sp³-hybridized carbons (Fsp3) is 0.438. The number of carboxylic acid groups (broad SMARTS) is 1. The molecule has 3 fully saturated rings. The molecule has 2 aliphatic carbocycles. The predicted molar refractivity (Wildman–Crippen MR) is 153 cm³/mol. The summed E-state index contributed by atoms with van der Waals surface area (Å²) in [5, 5.41) is 23.2. The van der Waals surface area contributed by atoms with Gasteiger partial charge in [0, 0.05) is 18.0 Å². The zero-order chi connectivity index (χ0) is 27.9. The molecule has 1 N–H and O–H groups in total. The van der Waals surface area contributed by atoms with Crippen molar-refractivity contribution < 1.29 is 19.4 Å². The summed E-state index contributed by atoms with van der Waals surface area (Å²) in [4.78, 5) is 12.2. The third-order valence-electron chi connectivity index (χ3n) is 8.97. The molecule has 1 saturated heterocycles. The smallest absolute Gasteiger partial charge is 0.339 e. The van der Waals surface area contributed by atoms with Gasteiger partial charge < -0.3 is 14.6 Å². The second-order valence-corrected chi connectivity index (χ2v) is 11.7. The average Bonchev–Trinajstić information content (AvgIpc) is 3.38.